The molecule has 1 atom stereocenters. The summed E-state index contributed by atoms with van der Waals surface area (Å²) in [4.78, 5) is 0. The lowest BCUT2D eigenvalue weighted by atomic mass is 9.92. The molecule has 0 heterocycles. The monoisotopic (exact) mass is 367 g/mol. The maximum Gasteiger partial charge on any atom is 0.127 e. The normalized spacial score (nSPS) is 12.3. The van der Waals surface area contributed by atoms with Gasteiger partial charge < -0.3 is 10.5 Å². The number of halogens is 2. The van der Waals surface area contributed by atoms with Crippen molar-refractivity contribution >= 4 is 27.5 Å². The van der Waals surface area contributed by atoms with Gasteiger partial charge in [0.1, 0.15) is 5.75 Å². The van der Waals surface area contributed by atoms with E-state index in [0.29, 0.717) is 0 Å². The molecule has 0 radical (unpaired) electrons. The third-order valence-electron chi connectivity index (χ3n) is 3.78. The van der Waals surface area contributed by atoms with Crippen LogP contribution in [0.3, 0.4) is 0 Å². The van der Waals surface area contributed by atoms with Gasteiger partial charge in [-0.3, -0.25) is 0 Å². The van der Waals surface area contributed by atoms with E-state index in [1.165, 1.54) is 0 Å². The van der Waals surface area contributed by atoms with Crippen molar-refractivity contribution in [1.29, 1.82) is 0 Å². The number of rotatable bonds is 3. The van der Waals surface area contributed by atoms with Crippen LogP contribution in [0.2, 0.25) is 5.02 Å². The molecule has 0 saturated heterocycles. The van der Waals surface area contributed by atoms with Gasteiger partial charge in [-0.1, -0.05) is 39.7 Å². The standard InChI is InChI=1S/C17H19BrClNO/c1-9-5-6-12(8-14(9)19)16(20)15-11(3)13(18)7-10(2)17(15)21-4/h5-8,16H,20H2,1-4H3. The Morgan fingerprint density at radius 3 is 2.38 bits per heavy atom. The molecule has 0 spiro atoms. The molecule has 0 fully saturated rings. The highest BCUT2D eigenvalue weighted by Crippen LogP contribution is 2.38. The molecule has 0 aliphatic heterocycles. The molecular weight excluding hydrogens is 350 g/mol. The van der Waals surface area contributed by atoms with Crippen molar-refractivity contribution in [3.8, 4) is 5.75 Å². The number of nitrogens with two attached hydrogens (primary N) is 1. The summed E-state index contributed by atoms with van der Waals surface area (Å²) in [6, 6.07) is 7.70. The van der Waals surface area contributed by atoms with Crippen LogP contribution >= 0.6 is 27.5 Å². The summed E-state index contributed by atoms with van der Waals surface area (Å²) >= 11 is 9.82. The van der Waals surface area contributed by atoms with Crippen LogP contribution in [-0.4, -0.2) is 7.11 Å². The van der Waals surface area contributed by atoms with Crippen molar-refractivity contribution in [2.75, 3.05) is 7.11 Å². The lowest BCUT2D eigenvalue weighted by molar-refractivity contribution is 0.404. The van der Waals surface area contributed by atoms with Gasteiger partial charge in [0.25, 0.3) is 0 Å². The summed E-state index contributed by atoms with van der Waals surface area (Å²) < 4.78 is 6.61. The minimum absolute atomic E-state index is 0.283. The van der Waals surface area contributed by atoms with Gasteiger partial charge in [-0.15, -0.1) is 0 Å². The summed E-state index contributed by atoms with van der Waals surface area (Å²) in [5, 5.41) is 0.728. The molecule has 0 aliphatic carbocycles. The Morgan fingerprint density at radius 1 is 1.14 bits per heavy atom. The largest absolute Gasteiger partial charge is 0.496 e. The van der Waals surface area contributed by atoms with Crippen LogP contribution in [-0.2, 0) is 0 Å². The first-order chi connectivity index (χ1) is 9.86. The molecule has 2 nitrogen and oxygen atoms in total. The van der Waals surface area contributed by atoms with Crippen LogP contribution in [0.1, 0.15) is 33.9 Å². The van der Waals surface area contributed by atoms with Crippen molar-refractivity contribution in [3.63, 3.8) is 0 Å². The predicted molar refractivity (Wildman–Crippen MR) is 92.4 cm³/mol. The Kier molecular flexibility index (Phi) is 4.97. The second-order valence-electron chi connectivity index (χ2n) is 5.23. The number of hydrogen-bond acceptors (Lipinski definition) is 2. The fourth-order valence-corrected chi connectivity index (χ4v) is 3.24. The Hall–Kier alpha value is -1.03. The van der Waals surface area contributed by atoms with Gasteiger partial charge in [-0.2, -0.15) is 0 Å². The van der Waals surface area contributed by atoms with Gasteiger partial charge in [0.15, 0.2) is 0 Å². The molecule has 0 amide bonds. The molecule has 2 aromatic rings. The SMILES string of the molecule is COc1c(C)cc(Br)c(C)c1C(N)c1ccc(C)c(Cl)c1. The van der Waals surface area contributed by atoms with Crippen molar-refractivity contribution < 1.29 is 4.74 Å². The van der Waals surface area contributed by atoms with Gasteiger partial charge >= 0.3 is 0 Å². The number of methoxy groups -OCH3 is 1. The van der Waals surface area contributed by atoms with E-state index in [9.17, 15) is 0 Å². The Labute approximate surface area is 139 Å². The number of benzene rings is 2. The topological polar surface area (TPSA) is 35.2 Å². The molecule has 112 valence electrons. The fourth-order valence-electron chi connectivity index (χ4n) is 2.49. The molecule has 2 N–H and O–H groups in total. The van der Waals surface area contributed by atoms with E-state index in [1.807, 2.05) is 45.0 Å². The van der Waals surface area contributed by atoms with E-state index >= 15 is 0 Å². The third kappa shape index (κ3) is 3.10. The quantitative estimate of drug-likeness (QED) is 0.819. The van der Waals surface area contributed by atoms with Gasteiger partial charge in [0.05, 0.1) is 13.2 Å². The molecule has 4 heteroatoms. The van der Waals surface area contributed by atoms with Gasteiger partial charge in [0, 0.05) is 15.1 Å². The van der Waals surface area contributed by atoms with E-state index in [2.05, 4.69) is 15.9 Å². The average Bonchev–Trinajstić information content (AvgIpc) is 2.44. The number of ether oxygens (including phenoxy) is 1. The lowest BCUT2D eigenvalue weighted by Crippen LogP contribution is -2.15. The first-order valence-electron chi connectivity index (χ1n) is 6.72. The molecule has 0 aromatic heterocycles. The zero-order chi connectivity index (χ0) is 15.7. The molecule has 2 rings (SSSR count). The lowest BCUT2D eigenvalue weighted by Gasteiger charge is -2.22. The summed E-state index contributed by atoms with van der Waals surface area (Å²) in [7, 11) is 1.67. The Balaban J connectivity index is 2.62. The first kappa shape index (κ1) is 16.3. The van der Waals surface area contributed by atoms with Crippen molar-refractivity contribution in [1.82, 2.24) is 0 Å². The van der Waals surface area contributed by atoms with E-state index in [4.69, 9.17) is 22.1 Å². The van der Waals surface area contributed by atoms with E-state index in [-0.39, 0.29) is 6.04 Å². The molecule has 2 aromatic carbocycles. The second-order valence-corrected chi connectivity index (χ2v) is 6.50. The maximum atomic E-state index is 6.49. The smallest absolute Gasteiger partial charge is 0.127 e. The Bertz CT molecular complexity index is 685. The molecular formula is C17H19BrClNO. The van der Waals surface area contributed by atoms with Crippen molar-refractivity contribution in [2.24, 2.45) is 5.73 Å². The number of hydrogen-bond donors (Lipinski definition) is 1. The molecule has 21 heavy (non-hydrogen) atoms. The first-order valence-corrected chi connectivity index (χ1v) is 7.89. The summed E-state index contributed by atoms with van der Waals surface area (Å²) in [5.74, 6) is 0.833. The highest BCUT2D eigenvalue weighted by molar-refractivity contribution is 9.10. The van der Waals surface area contributed by atoms with Crippen molar-refractivity contribution in [2.45, 2.75) is 26.8 Å². The van der Waals surface area contributed by atoms with Gasteiger partial charge in [0.2, 0.25) is 0 Å². The zero-order valence-corrected chi connectivity index (χ0v) is 15.0. The highest BCUT2D eigenvalue weighted by atomic mass is 79.9. The molecule has 0 bridgehead atoms. The zero-order valence-electron chi connectivity index (χ0n) is 12.6. The van der Waals surface area contributed by atoms with E-state index in [1.54, 1.807) is 7.11 Å². The number of aryl methyl sites for hydroxylation is 2. The Morgan fingerprint density at radius 2 is 1.81 bits per heavy atom. The minimum atomic E-state index is -0.283. The van der Waals surface area contributed by atoms with Crippen LogP contribution in [0.5, 0.6) is 5.75 Å². The van der Waals surface area contributed by atoms with E-state index < -0.39 is 0 Å². The molecule has 1 unspecified atom stereocenters. The van der Waals surface area contributed by atoms with E-state index in [0.717, 1.165) is 43.1 Å². The maximum absolute atomic E-state index is 6.49. The summed E-state index contributed by atoms with van der Waals surface area (Å²) in [5.41, 5.74) is 11.6. The average molecular weight is 369 g/mol. The summed E-state index contributed by atoms with van der Waals surface area (Å²) in [6.07, 6.45) is 0. The third-order valence-corrected chi connectivity index (χ3v) is 5.01. The van der Waals surface area contributed by atoms with Crippen LogP contribution < -0.4 is 10.5 Å². The van der Waals surface area contributed by atoms with Crippen LogP contribution in [0.25, 0.3) is 0 Å². The van der Waals surface area contributed by atoms with Gasteiger partial charge in [-0.05, 0) is 55.2 Å². The predicted octanol–water partition coefficient (Wildman–Crippen LogP) is 5.08. The van der Waals surface area contributed by atoms with Crippen LogP contribution in [0.15, 0.2) is 28.7 Å². The second kappa shape index (κ2) is 6.39. The minimum Gasteiger partial charge on any atom is -0.496 e. The fraction of sp³-hybridized carbons (Fsp3) is 0.294. The van der Waals surface area contributed by atoms with Crippen molar-refractivity contribution in [3.05, 3.63) is 61.6 Å². The summed E-state index contributed by atoms with van der Waals surface area (Å²) in [6.45, 7) is 6.03. The molecule has 0 aliphatic rings. The van der Waals surface area contributed by atoms with Gasteiger partial charge in [-0.25, -0.2) is 0 Å². The van der Waals surface area contributed by atoms with Crippen LogP contribution in [0, 0.1) is 20.8 Å². The highest BCUT2D eigenvalue weighted by Gasteiger charge is 2.20. The van der Waals surface area contributed by atoms with Crippen LogP contribution in [0.4, 0.5) is 0 Å². The molecule has 0 saturated carbocycles.